The Balaban J connectivity index is 1.30. The predicted octanol–water partition coefficient (Wildman–Crippen LogP) is 5.41. The first-order chi connectivity index (χ1) is 26.6. The quantitative estimate of drug-likeness (QED) is 0.118. The molecule has 5 atom stereocenters. The summed E-state index contributed by atoms with van der Waals surface area (Å²) in [5.41, 5.74) is -0.621. The molecule has 300 valence electrons. The summed E-state index contributed by atoms with van der Waals surface area (Å²) in [6.45, 7) is 12.7. The molecule has 3 aromatic rings. The Labute approximate surface area is 331 Å². The zero-order valence-corrected chi connectivity index (χ0v) is 33.6. The summed E-state index contributed by atoms with van der Waals surface area (Å²) < 4.78 is 39.8. The molecule has 0 unspecified atom stereocenters. The third kappa shape index (κ3) is 9.57. The van der Waals surface area contributed by atoms with E-state index in [9.17, 15) is 27.6 Å². The van der Waals surface area contributed by atoms with Crippen LogP contribution in [0.4, 0.5) is 4.79 Å². The highest BCUT2D eigenvalue weighted by Gasteiger charge is 2.62. The van der Waals surface area contributed by atoms with Gasteiger partial charge < -0.3 is 25.0 Å². The van der Waals surface area contributed by atoms with E-state index in [2.05, 4.69) is 28.5 Å². The van der Waals surface area contributed by atoms with Crippen LogP contribution >= 0.6 is 11.3 Å². The van der Waals surface area contributed by atoms with E-state index in [4.69, 9.17) is 19.4 Å². The van der Waals surface area contributed by atoms with Crippen molar-refractivity contribution in [3.05, 3.63) is 67.1 Å². The van der Waals surface area contributed by atoms with Crippen LogP contribution in [0.2, 0.25) is 0 Å². The van der Waals surface area contributed by atoms with E-state index < -0.39 is 74.3 Å². The van der Waals surface area contributed by atoms with Gasteiger partial charge in [-0.1, -0.05) is 43.2 Å². The Morgan fingerprint density at radius 2 is 1.79 bits per heavy atom. The second kappa shape index (κ2) is 16.7. The fraction of sp³-hybridized carbons (Fsp3) is 0.500. The summed E-state index contributed by atoms with van der Waals surface area (Å²) >= 11 is 1.46. The van der Waals surface area contributed by atoms with Crippen molar-refractivity contribution in [3.8, 4) is 16.5 Å². The average molecular weight is 807 g/mol. The minimum atomic E-state index is -3.91. The average Bonchev–Trinajstić information content (AvgIpc) is 4.02. The molecule has 14 nitrogen and oxygen atoms in total. The molecule has 1 saturated heterocycles. The molecule has 56 heavy (non-hydrogen) atoms. The number of alkyl carbamates (subject to hydrolysis) is 1. The second-order valence-electron chi connectivity index (χ2n) is 15.6. The van der Waals surface area contributed by atoms with E-state index in [-0.39, 0.29) is 31.7 Å². The zero-order chi connectivity index (χ0) is 40.3. The minimum Gasteiger partial charge on any atom is -0.471 e. The van der Waals surface area contributed by atoms with E-state index in [0.717, 1.165) is 24.1 Å². The van der Waals surface area contributed by atoms with Crippen molar-refractivity contribution in [2.45, 2.75) is 113 Å². The van der Waals surface area contributed by atoms with Crippen LogP contribution in [0.1, 0.15) is 78.6 Å². The molecule has 16 heteroatoms. The number of nitrogens with zero attached hydrogens (tertiary/aromatic N) is 3. The van der Waals surface area contributed by atoms with Crippen LogP contribution in [0.25, 0.3) is 21.6 Å². The minimum absolute atomic E-state index is 0.00524. The van der Waals surface area contributed by atoms with Crippen LogP contribution in [-0.4, -0.2) is 88.2 Å². The van der Waals surface area contributed by atoms with E-state index in [1.165, 1.54) is 22.3 Å². The molecule has 2 saturated carbocycles. The number of allylic oxidation sites excluding steroid dienone is 1. The monoisotopic (exact) mass is 806 g/mol. The highest BCUT2D eigenvalue weighted by molar-refractivity contribution is 7.91. The summed E-state index contributed by atoms with van der Waals surface area (Å²) in [7, 11) is -3.91. The number of rotatable bonds is 17. The highest BCUT2D eigenvalue weighted by atomic mass is 32.2. The molecule has 0 spiro atoms. The number of nitrogens with one attached hydrogen (secondary N) is 3. The van der Waals surface area contributed by atoms with Crippen LogP contribution in [0.15, 0.2) is 67.1 Å². The van der Waals surface area contributed by atoms with Gasteiger partial charge in [0.15, 0.2) is 0 Å². The van der Waals surface area contributed by atoms with Gasteiger partial charge in [0.2, 0.25) is 27.7 Å². The number of ether oxygens (including phenoxy) is 2. The normalized spacial score (nSPS) is 22.5. The predicted molar refractivity (Wildman–Crippen MR) is 213 cm³/mol. The number of carbonyl (C=O) groups excluding carboxylic acids is 4. The number of aromatic nitrogens is 2. The van der Waals surface area contributed by atoms with Crippen molar-refractivity contribution < 1.29 is 37.1 Å². The molecule has 3 fully saturated rings. The van der Waals surface area contributed by atoms with E-state index in [1.54, 1.807) is 20.8 Å². The van der Waals surface area contributed by atoms with Gasteiger partial charge in [0.1, 0.15) is 35.0 Å². The summed E-state index contributed by atoms with van der Waals surface area (Å²) in [6, 6.07) is 8.96. The van der Waals surface area contributed by atoms with Crippen molar-refractivity contribution in [2.24, 2.45) is 5.92 Å². The molecular weight excluding hydrogens is 757 g/mol. The fourth-order valence-corrected chi connectivity index (χ4v) is 8.98. The number of thiophene rings is 1. The van der Waals surface area contributed by atoms with Gasteiger partial charge in [-0.3, -0.25) is 19.1 Å². The number of likely N-dealkylation sites (tertiary alicyclic amines) is 1. The van der Waals surface area contributed by atoms with Crippen molar-refractivity contribution in [3.63, 3.8) is 0 Å². The molecule has 0 bridgehead atoms. The molecule has 0 radical (unpaired) electrons. The first kappa shape index (κ1) is 40.8. The summed E-state index contributed by atoms with van der Waals surface area (Å²) in [5.74, 6) is -2.35. The number of amides is 4. The first-order valence-corrected chi connectivity index (χ1v) is 21.5. The Hall–Kier alpha value is -4.83. The van der Waals surface area contributed by atoms with Gasteiger partial charge in [-0.05, 0) is 82.9 Å². The van der Waals surface area contributed by atoms with E-state index in [1.807, 2.05) is 47.9 Å². The van der Waals surface area contributed by atoms with Crippen LogP contribution in [-0.2, 0) is 29.1 Å². The van der Waals surface area contributed by atoms with E-state index in [0.29, 0.717) is 36.0 Å². The van der Waals surface area contributed by atoms with Gasteiger partial charge in [0.05, 0.1) is 27.7 Å². The third-order valence-corrected chi connectivity index (χ3v) is 12.8. The standard InChI is InChI=1S/C40H50N6O8S2/c1-6-8-9-10-11-17-30(43-38(50)54-39(3,4)5)36(48)46-24-26(53-35-33(32-18-14-21-55-32)41-28-15-12-13-16-29(28)42-35)22-31(46)34(47)44-40(23-25(40)7-2)37(49)45-56(51,52)27-19-20-27/h6-7,12-16,18,21,25-27,30-31H,1-2,8-11,17,19-20,22-24H2,3-5H3,(H,43,50)(H,44,47)(H,45,49)/t25-,26-,30+,31+,40-/m1/s1. The van der Waals surface area contributed by atoms with Crippen molar-refractivity contribution in [1.82, 2.24) is 30.2 Å². The molecule has 4 amide bonds. The van der Waals surface area contributed by atoms with Crippen molar-refractivity contribution in [1.29, 1.82) is 0 Å². The number of unbranched alkanes of at least 4 members (excludes halogenated alkanes) is 3. The Morgan fingerprint density at radius 1 is 1.05 bits per heavy atom. The summed E-state index contributed by atoms with van der Waals surface area (Å²) in [4.78, 5) is 67.5. The molecule has 3 aliphatic rings. The van der Waals surface area contributed by atoms with Gasteiger partial charge in [-0.2, -0.15) is 0 Å². The lowest BCUT2D eigenvalue weighted by Gasteiger charge is -2.30. The van der Waals surface area contributed by atoms with Gasteiger partial charge in [0.25, 0.3) is 5.91 Å². The third-order valence-electron chi connectivity index (χ3n) is 10.1. The van der Waals surface area contributed by atoms with Crippen LogP contribution in [0.3, 0.4) is 0 Å². The lowest BCUT2D eigenvalue weighted by molar-refractivity contribution is -0.141. The van der Waals surface area contributed by atoms with Gasteiger partial charge >= 0.3 is 6.09 Å². The number of carbonyl (C=O) groups is 4. The Bertz CT molecular complexity index is 2080. The number of hydrogen-bond donors (Lipinski definition) is 3. The summed E-state index contributed by atoms with van der Waals surface area (Å²) in [6.07, 6.45) is 6.15. The number of para-hydroxylation sites is 2. The molecule has 2 aromatic heterocycles. The molecule has 3 heterocycles. The number of hydrogen-bond acceptors (Lipinski definition) is 11. The molecule has 6 rings (SSSR count). The van der Waals surface area contributed by atoms with Crippen molar-refractivity contribution >= 4 is 56.2 Å². The maximum Gasteiger partial charge on any atom is 0.408 e. The Kier molecular flexibility index (Phi) is 12.2. The summed E-state index contributed by atoms with van der Waals surface area (Å²) in [5, 5.41) is 6.82. The second-order valence-corrected chi connectivity index (χ2v) is 18.5. The van der Waals surface area contributed by atoms with Crippen LogP contribution in [0.5, 0.6) is 5.88 Å². The molecule has 2 aliphatic carbocycles. The lowest BCUT2D eigenvalue weighted by Crippen LogP contribution is -2.58. The first-order valence-electron chi connectivity index (χ1n) is 19.0. The SMILES string of the molecule is C=CCCCCC[C@H](NC(=O)OC(C)(C)C)C(=O)N1C[C@H](Oc2nc3ccccc3nc2-c2cccs2)C[C@H]1C(=O)N[C@]1(C(=O)NS(=O)(=O)C2CC2)C[C@H]1C=C. The number of fused-ring (bicyclic) bond motifs is 1. The van der Waals surface area contributed by atoms with Gasteiger partial charge in [-0.15, -0.1) is 24.5 Å². The Morgan fingerprint density at radius 3 is 2.41 bits per heavy atom. The molecular formula is C40H50N6O8S2. The fourth-order valence-electron chi connectivity index (χ4n) is 6.91. The number of benzene rings is 1. The lowest BCUT2D eigenvalue weighted by atomic mass is 10.0. The van der Waals surface area contributed by atoms with Crippen LogP contribution in [0, 0.1) is 5.92 Å². The maximum atomic E-state index is 14.6. The van der Waals surface area contributed by atoms with Crippen LogP contribution < -0.4 is 20.1 Å². The van der Waals surface area contributed by atoms with Gasteiger partial charge in [0, 0.05) is 12.3 Å². The maximum absolute atomic E-state index is 14.6. The zero-order valence-electron chi connectivity index (χ0n) is 32.0. The van der Waals surface area contributed by atoms with Crippen molar-refractivity contribution in [2.75, 3.05) is 6.54 Å². The topological polar surface area (TPSA) is 186 Å². The number of sulfonamides is 1. The van der Waals surface area contributed by atoms with Gasteiger partial charge in [-0.25, -0.2) is 23.2 Å². The van der Waals surface area contributed by atoms with E-state index >= 15 is 0 Å². The molecule has 3 N–H and O–H groups in total. The molecule has 1 aliphatic heterocycles. The molecule has 1 aromatic carbocycles. The highest BCUT2D eigenvalue weighted by Crippen LogP contribution is 2.45. The largest absolute Gasteiger partial charge is 0.471 e. The smallest absolute Gasteiger partial charge is 0.408 e.